The van der Waals surface area contributed by atoms with Crippen LogP contribution in [0.15, 0.2) is 0 Å². The maximum atomic E-state index is 11.0. The molecule has 158 valence electrons. The van der Waals surface area contributed by atoms with E-state index in [-0.39, 0.29) is 12.0 Å². The summed E-state index contributed by atoms with van der Waals surface area (Å²) in [5, 5.41) is 0. The van der Waals surface area contributed by atoms with Gasteiger partial charge in [0.15, 0.2) is 0 Å². The monoisotopic (exact) mass is 397 g/mol. The lowest BCUT2D eigenvalue weighted by molar-refractivity contribution is -0.141. The second-order valence-corrected chi connectivity index (χ2v) is 7.65. The third kappa shape index (κ3) is 25.5. The summed E-state index contributed by atoms with van der Waals surface area (Å²) in [7, 11) is -1.88. The second kappa shape index (κ2) is 19.1. The molecule has 3 N–H and O–H groups in total. The van der Waals surface area contributed by atoms with E-state index in [1.807, 2.05) is 0 Å². The number of nitrogens with two attached hydrogens (primary N) is 1. The van der Waals surface area contributed by atoms with E-state index in [9.17, 15) is 13.2 Å². The molecular weight excluding hydrogens is 358 g/mol. The van der Waals surface area contributed by atoms with Crippen molar-refractivity contribution >= 4 is 16.4 Å². The van der Waals surface area contributed by atoms with E-state index in [0.29, 0.717) is 6.42 Å². The number of carbonyl (C=O) groups excluding carboxylic acids is 1. The average molecular weight is 398 g/mol. The number of rotatable bonds is 15. The number of hydrogen-bond donors (Lipinski definition) is 2. The molecule has 0 aromatic heterocycles. The van der Waals surface area contributed by atoms with E-state index < -0.39 is 10.4 Å². The standard InChI is InChI=1S/C17H35NO2.CH4O4S/c1-3-4-5-6-7-8-9-10-11-12-13-14-16(18)15-17(19)20-2;1-5-6(2,3)4/h16H,3-15,18H2,1-2H3;1H3,(H,2,3,4). The van der Waals surface area contributed by atoms with Crippen molar-refractivity contribution in [1.82, 2.24) is 0 Å². The fourth-order valence-electron chi connectivity index (χ4n) is 2.47. The third-order valence-electron chi connectivity index (χ3n) is 4.05. The highest BCUT2D eigenvalue weighted by atomic mass is 32.3. The normalized spacial score (nSPS) is 12.2. The molecule has 0 saturated carbocycles. The molecule has 0 spiro atoms. The lowest BCUT2D eigenvalue weighted by Gasteiger charge is -2.09. The van der Waals surface area contributed by atoms with Gasteiger partial charge >= 0.3 is 16.4 Å². The fourth-order valence-corrected chi connectivity index (χ4v) is 2.47. The molecule has 0 rings (SSSR count). The van der Waals surface area contributed by atoms with Crippen LogP contribution in [-0.4, -0.2) is 39.2 Å². The van der Waals surface area contributed by atoms with Gasteiger partial charge in [-0.2, -0.15) is 8.42 Å². The zero-order valence-electron chi connectivity index (χ0n) is 16.7. The minimum absolute atomic E-state index is 0.0268. The number of esters is 1. The molecule has 0 aliphatic heterocycles. The van der Waals surface area contributed by atoms with E-state index in [4.69, 9.17) is 10.3 Å². The van der Waals surface area contributed by atoms with E-state index in [1.54, 1.807) is 0 Å². The van der Waals surface area contributed by atoms with Crippen molar-refractivity contribution in [2.75, 3.05) is 14.2 Å². The Balaban J connectivity index is 0. The van der Waals surface area contributed by atoms with E-state index in [1.165, 1.54) is 71.3 Å². The van der Waals surface area contributed by atoms with Crippen LogP contribution in [0.5, 0.6) is 0 Å². The zero-order chi connectivity index (χ0) is 20.3. The lowest BCUT2D eigenvalue weighted by atomic mass is 10.0. The first-order valence-electron chi connectivity index (χ1n) is 9.62. The number of methoxy groups -OCH3 is 1. The summed E-state index contributed by atoms with van der Waals surface area (Å²) < 4.78 is 34.3. The second-order valence-electron chi connectivity index (χ2n) is 6.46. The predicted molar refractivity (Wildman–Crippen MR) is 104 cm³/mol. The van der Waals surface area contributed by atoms with Crippen molar-refractivity contribution in [3.63, 3.8) is 0 Å². The predicted octanol–water partition coefficient (Wildman–Crippen LogP) is 4.01. The van der Waals surface area contributed by atoms with Crippen LogP contribution >= 0.6 is 0 Å². The zero-order valence-corrected chi connectivity index (χ0v) is 17.6. The van der Waals surface area contributed by atoms with E-state index in [0.717, 1.165) is 20.0 Å². The minimum atomic E-state index is -4.16. The van der Waals surface area contributed by atoms with Gasteiger partial charge in [0, 0.05) is 6.04 Å². The maximum Gasteiger partial charge on any atom is 0.397 e. The van der Waals surface area contributed by atoms with Crippen molar-refractivity contribution in [2.24, 2.45) is 5.73 Å². The van der Waals surface area contributed by atoms with Crippen LogP contribution in [0, 0.1) is 0 Å². The molecule has 0 radical (unpaired) electrons. The largest absolute Gasteiger partial charge is 0.469 e. The SMILES string of the molecule is CCCCCCCCCCCCCC(N)CC(=O)OC.COS(=O)(=O)O. The summed E-state index contributed by atoms with van der Waals surface area (Å²) in [5.41, 5.74) is 5.87. The van der Waals surface area contributed by atoms with Crippen molar-refractivity contribution in [2.45, 2.75) is 96.4 Å². The van der Waals surface area contributed by atoms with Gasteiger partial charge in [-0.05, 0) is 6.42 Å². The Morgan fingerprint density at radius 2 is 1.31 bits per heavy atom. The molecule has 0 saturated heterocycles. The Labute approximate surface area is 160 Å². The quantitative estimate of drug-likeness (QED) is 0.243. The van der Waals surface area contributed by atoms with Crippen LogP contribution in [0.3, 0.4) is 0 Å². The van der Waals surface area contributed by atoms with Crippen LogP contribution in [0.25, 0.3) is 0 Å². The number of ether oxygens (including phenoxy) is 1. The average Bonchev–Trinajstić information content (AvgIpc) is 2.59. The lowest BCUT2D eigenvalue weighted by Crippen LogP contribution is -2.24. The number of unbranched alkanes of at least 4 members (excludes halogenated alkanes) is 10. The molecule has 0 bridgehead atoms. The van der Waals surface area contributed by atoms with Crippen molar-refractivity contribution in [3.05, 3.63) is 0 Å². The molecule has 0 aromatic carbocycles. The summed E-state index contributed by atoms with van der Waals surface area (Å²) in [4.78, 5) is 11.0. The topological polar surface area (TPSA) is 116 Å². The molecular formula is C18H39NO6S. The van der Waals surface area contributed by atoms with Crippen LogP contribution in [0.4, 0.5) is 0 Å². The first-order chi connectivity index (χ1) is 12.3. The van der Waals surface area contributed by atoms with Crippen molar-refractivity contribution < 1.29 is 26.7 Å². The highest BCUT2D eigenvalue weighted by Crippen LogP contribution is 2.12. The molecule has 0 heterocycles. The molecule has 1 unspecified atom stereocenters. The summed E-state index contributed by atoms with van der Waals surface area (Å²) in [6, 6.07) is -0.0268. The molecule has 0 aliphatic carbocycles. The van der Waals surface area contributed by atoms with Gasteiger partial charge in [-0.25, -0.2) is 0 Å². The number of carbonyl (C=O) groups is 1. The van der Waals surface area contributed by atoms with Gasteiger partial charge in [-0.3, -0.25) is 13.5 Å². The molecule has 0 aromatic rings. The third-order valence-corrected chi connectivity index (χ3v) is 4.47. The van der Waals surface area contributed by atoms with Crippen LogP contribution in [0.1, 0.15) is 90.4 Å². The minimum Gasteiger partial charge on any atom is -0.469 e. The summed E-state index contributed by atoms with van der Waals surface area (Å²) in [6.45, 7) is 2.26. The molecule has 1 atom stereocenters. The molecule has 0 amide bonds. The molecule has 0 fully saturated rings. The van der Waals surface area contributed by atoms with E-state index >= 15 is 0 Å². The summed E-state index contributed by atoms with van der Waals surface area (Å²) in [6.07, 6.45) is 16.0. The van der Waals surface area contributed by atoms with Crippen molar-refractivity contribution in [3.8, 4) is 0 Å². The first-order valence-corrected chi connectivity index (χ1v) is 11.0. The molecule has 8 heteroatoms. The van der Waals surface area contributed by atoms with Crippen LogP contribution < -0.4 is 5.73 Å². The fraction of sp³-hybridized carbons (Fsp3) is 0.944. The van der Waals surface area contributed by atoms with Gasteiger partial charge in [0.05, 0.1) is 20.6 Å². The highest BCUT2D eigenvalue weighted by Gasteiger charge is 2.08. The van der Waals surface area contributed by atoms with Gasteiger partial charge < -0.3 is 10.5 Å². The van der Waals surface area contributed by atoms with Gasteiger partial charge in [0.25, 0.3) is 0 Å². The van der Waals surface area contributed by atoms with Crippen molar-refractivity contribution in [1.29, 1.82) is 0 Å². The van der Waals surface area contributed by atoms with E-state index in [2.05, 4.69) is 15.8 Å². The molecule has 7 nitrogen and oxygen atoms in total. The maximum absolute atomic E-state index is 11.0. The van der Waals surface area contributed by atoms with Gasteiger partial charge in [-0.1, -0.05) is 77.6 Å². The summed E-state index contributed by atoms with van der Waals surface area (Å²) in [5.74, 6) is -0.194. The Hall–Kier alpha value is -0.700. The Morgan fingerprint density at radius 3 is 1.65 bits per heavy atom. The van der Waals surface area contributed by atoms with Gasteiger partial charge in [0.2, 0.25) is 0 Å². The smallest absolute Gasteiger partial charge is 0.397 e. The molecule has 26 heavy (non-hydrogen) atoms. The summed E-state index contributed by atoms with van der Waals surface area (Å²) >= 11 is 0. The van der Waals surface area contributed by atoms with Gasteiger partial charge in [0.1, 0.15) is 0 Å². The Bertz CT molecular complexity index is 414. The Kier molecular flexibility index (Phi) is 20.2. The Morgan fingerprint density at radius 1 is 0.923 bits per heavy atom. The highest BCUT2D eigenvalue weighted by molar-refractivity contribution is 7.80. The first kappa shape index (κ1) is 27.5. The molecule has 0 aliphatic rings. The van der Waals surface area contributed by atoms with Crippen LogP contribution in [-0.2, 0) is 24.1 Å². The van der Waals surface area contributed by atoms with Gasteiger partial charge in [-0.15, -0.1) is 0 Å². The van der Waals surface area contributed by atoms with Crippen LogP contribution in [0.2, 0.25) is 0 Å². The number of hydrogen-bond acceptors (Lipinski definition) is 6.